The molecule has 20 heavy (non-hydrogen) atoms. The first-order chi connectivity index (χ1) is 9.47. The van der Waals surface area contributed by atoms with Gasteiger partial charge in [0.25, 0.3) is 5.91 Å². The molecule has 0 unspecified atom stereocenters. The standard InChI is InChI=1S/C11H10N4O5/c16-8(5-15-9(17)4-13-11(15)20)14-7-1-6(10(18)19)2-12-3-7/h1-3H,4-5H2,(H,13,20)(H,14,16)(H,18,19). The molecule has 9 heteroatoms. The summed E-state index contributed by atoms with van der Waals surface area (Å²) in [5.41, 5.74) is 0.0831. The number of carboxylic acid groups (broad SMARTS) is 1. The second-order valence-corrected chi connectivity index (χ2v) is 3.95. The fourth-order valence-electron chi connectivity index (χ4n) is 1.58. The summed E-state index contributed by atoms with van der Waals surface area (Å²) in [7, 11) is 0. The average molecular weight is 278 g/mol. The number of carbonyl (C=O) groups is 4. The number of nitrogens with one attached hydrogen (secondary N) is 2. The molecule has 0 aliphatic carbocycles. The summed E-state index contributed by atoms with van der Waals surface area (Å²) in [6, 6.07) is 0.585. The van der Waals surface area contributed by atoms with Crippen LogP contribution in [0.2, 0.25) is 0 Å². The molecule has 0 bridgehead atoms. The number of anilines is 1. The van der Waals surface area contributed by atoms with Crippen molar-refractivity contribution in [1.82, 2.24) is 15.2 Å². The van der Waals surface area contributed by atoms with E-state index in [1.54, 1.807) is 0 Å². The molecule has 2 rings (SSSR count). The predicted octanol–water partition coefficient (Wildman–Crippen LogP) is -0.730. The molecule has 0 radical (unpaired) electrons. The third-order valence-electron chi connectivity index (χ3n) is 2.51. The molecule has 0 saturated carbocycles. The largest absolute Gasteiger partial charge is 0.478 e. The van der Waals surface area contributed by atoms with Gasteiger partial charge in [-0.25, -0.2) is 9.59 Å². The van der Waals surface area contributed by atoms with E-state index in [2.05, 4.69) is 15.6 Å². The average Bonchev–Trinajstić information content (AvgIpc) is 2.71. The zero-order chi connectivity index (χ0) is 14.7. The van der Waals surface area contributed by atoms with Gasteiger partial charge in [-0.05, 0) is 6.07 Å². The Bertz CT molecular complexity index is 584. The Labute approximate surface area is 112 Å². The van der Waals surface area contributed by atoms with Crippen molar-refractivity contribution in [2.45, 2.75) is 0 Å². The summed E-state index contributed by atoms with van der Waals surface area (Å²) in [5.74, 6) is -2.30. The SMILES string of the molecule is O=C(CN1C(=O)CNC1=O)Nc1cncc(C(=O)O)c1. The lowest BCUT2D eigenvalue weighted by Crippen LogP contribution is -2.38. The lowest BCUT2D eigenvalue weighted by atomic mass is 10.2. The molecule has 1 saturated heterocycles. The van der Waals surface area contributed by atoms with Crippen LogP contribution in [0.3, 0.4) is 0 Å². The smallest absolute Gasteiger partial charge is 0.337 e. The van der Waals surface area contributed by atoms with Crippen LogP contribution in [0.15, 0.2) is 18.5 Å². The summed E-state index contributed by atoms with van der Waals surface area (Å²) in [6.07, 6.45) is 2.39. The second kappa shape index (κ2) is 5.34. The van der Waals surface area contributed by atoms with Gasteiger partial charge in [-0.2, -0.15) is 0 Å². The first-order valence-electron chi connectivity index (χ1n) is 5.54. The summed E-state index contributed by atoms with van der Waals surface area (Å²) >= 11 is 0. The van der Waals surface area contributed by atoms with Gasteiger partial charge in [0.2, 0.25) is 5.91 Å². The number of amides is 4. The van der Waals surface area contributed by atoms with Crippen LogP contribution in [-0.2, 0) is 9.59 Å². The molecule has 104 valence electrons. The number of aromatic nitrogens is 1. The van der Waals surface area contributed by atoms with Gasteiger partial charge in [-0.15, -0.1) is 0 Å². The zero-order valence-electron chi connectivity index (χ0n) is 10.1. The zero-order valence-corrected chi connectivity index (χ0v) is 10.1. The van der Waals surface area contributed by atoms with E-state index in [-0.39, 0.29) is 17.8 Å². The number of carboxylic acids is 1. The molecule has 0 spiro atoms. The summed E-state index contributed by atoms with van der Waals surface area (Å²) in [4.78, 5) is 49.4. The molecule has 3 N–H and O–H groups in total. The van der Waals surface area contributed by atoms with Gasteiger partial charge >= 0.3 is 12.0 Å². The quantitative estimate of drug-likeness (QED) is 0.623. The summed E-state index contributed by atoms with van der Waals surface area (Å²) < 4.78 is 0. The number of pyridine rings is 1. The van der Waals surface area contributed by atoms with Crippen LogP contribution in [0.25, 0.3) is 0 Å². The van der Waals surface area contributed by atoms with E-state index in [1.807, 2.05) is 0 Å². The van der Waals surface area contributed by atoms with Crippen molar-refractivity contribution in [3.05, 3.63) is 24.0 Å². The number of rotatable bonds is 4. The molecule has 9 nitrogen and oxygen atoms in total. The van der Waals surface area contributed by atoms with Gasteiger partial charge in [-0.1, -0.05) is 0 Å². The molecular formula is C11H10N4O5. The van der Waals surface area contributed by atoms with Gasteiger partial charge in [0.1, 0.15) is 6.54 Å². The number of aromatic carboxylic acids is 1. The molecule has 1 aromatic rings. The van der Waals surface area contributed by atoms with E-state index < -0.39 is 30.4 Å². The Morgan fingerprint density at radius 2 is 2.15 bits per heavy atom. The highest BCUT2D eigenvalue weighted by Gasteiger charge is 2.30. The minimum atomic E-state index is -1.18. The molecule has 0 atom stereocenters. The van der Waals surface area contributed by atoms with Gasteiger partial charge in [0.15, 0.2) is 0 Å². The Kier molecular flexibility index (Phi) is 3.60. The highest BCUT2D eigenvalue weighted by atomic mass is 16.4. The van der Waals surface area contributed by atoms with Gasteiger partial charge in [0, 0.05) is 6.20 Å². The third kappa shape index (κ3) is 2.88. The Hall–Kier alpha value is -2.97. The highest BCUT2D eigenvalue weighted by Crippen LogP contribution is 2.09. The van der Waals surface area contributed by atoms with Crippen LogP contribution in [0.1, 0.15) is 10.4 Å². The lowest BCUT2D eigenvalue weighted by molar-refractivity contribution is -0.128. The van der Waals surface area contributed by atoms with Crippen LogP contribution < -0.4 is 10.6 Å². The maximum atomic E-state index is 11.7. The van der Waals surface area contributed by atoms with E-state index in [1.165, 1.54) is 12.3 Å². The van der Waals surface area contributed by atoms with Crippen molar-refractivity contribution >= 4 is 29.5 Å². The molecule has 2 heterocycles. The maximum absolute atomic E-state index is 11.7. The van der Waals surface area contributed by atoms with E-state index in [0.717, 1.165) is 11.1 Å². The predicted molar refractivity (Wildman–Crippen MR) is 64.9 cm³/mol. The number of hydrogen-bond donors (Lipinski definition) is 3. The fraction of sp³-hybridized carbons (Fsp3) is 0.182. The van der Waals surface area contributed by atoms with Gasteiger partial charge in [-0.3, -0.25) is 19.5 Å². The number of imide groups is 1. The maximum Gasteiger partial charge on any atom is 0.337 e. The summed E-state index contributed by atoms with van der Waals surface area (Å²) in [6.45, 7) is -0.579. The van der Waals surface area contributed by atoms with Crippen molar-refractivity contribution in [2.75, 3.05) is 18.4 Å². The monoisotopic (exact) mass is 278 g/mol. The van der Waals surface area contributed by atoms with E-state index >= 15 is 0 Å². The van der Waals surface area contributed by atoms with Crippen LogP contribution in [0, 0.1) is 0 Å². The minimum Gasteiger partial charge on any atom is -0.478 e. The van der Waals surface area contributed by atoms with Gasteiger partial charge < -0.3 is 15.7 Å². The summed E-state index contributed by atoms with van der Waals surface area (Å²) in [5, 5.41) is 13.4. The number of hydrogen-bond acceptors (Lipinski definition) is 5. The molecule has 0 aromatic carbocycles. The topological polar surface area (TPSA) is 129 Å². The van der Waals surface area contributed by atoms with E-state index in [4.69, 9.17) is 5.11 Å². The third-order valence-corrected chi connectivity index (χ3v) is 2.51. The minimum absolute atomic E-state index is 0.0854. The second-order valence-electron chi connectivity index (χ2n) is 3.95. The Morgan fingerprint density at radius 1 is 1.40 bits per heavy atom. The van der Waals surface area contributed by atoms with Crippen LogP contribution in [0.5, 0.6) is 0 Å². The Morgan fingerprint density at radius 3 is 2.75 bits per heavy atom. The normalized spacial score (nSPS) is 14.1. The molecule has 1 aliphatic rings. The fourth-order valence-corrected chi connectivity index (χ4v) is 1.58. The van der Waals surface area contributed by atoms with Crippen LogP contribution in [0.4, 0.5) is 10.5 Å². The molecule has 1 fully saturated rings. The number of urea groups is 1. The van der Waals surface area contributed by atoms with Crippen molar-refractivity contribution in [3.63, 3.8) is 0 Å². The molecule has 1 aliphatic heterocycles. The number of nitrogens with zero attached hydrogens (tertiary/aromatic N) is 2. The van der Waals surface area contributed by atoms with Crippen molar-refractivity contribution < 1.29 is 24.3 Å². The first kappa shape index (κ1) is 13.5. The Balaban J connectivity index is 2.01. The van der Waals surface area contributed by atoms with Crippen molar-refractivity contribution in [3.8, 4) is 0 Å². The van der Waals surface area contributed by atoms with Gasteiger partial charge in [0.05, 0.1) is 24.0 Å². The van der Waals surface area contributed by atoms with Crippen LogP contribution >= 0.6 is 0 Å². The molecule has 1 aromatic heterocycles. The molecular weight excluding hydrogens is 268 g/mol. The highest BCUT2D eigenvalue weighted by molar-refractivity contribution is 6.06. The lowest BCUT2D eigenvalue weighted by Gasteiger charge is -2.12. The number of carbonyl (C=O) groups excluding carboxylic acids is 3. The molecule has 4 amide bonds. The first-order valence-corrected chi connectivity index (χ1v) is 5.54. The van der Waals surface area contributed by atoms with E-state index in [9.17, 15) is 19.2 Å². The van der Waals surface area contributed by atoms with Crippen molar-refractivity contribution in [2.24, 2.45) is 0 Å². The van der Waals surface area contributed by atoms with Crippen molar-refractivity contribution in [1.29, 1.82) is 0 Å². The van der Waals surface area contributed by atoms with E-state index in [0.29, 0.717) is 0 Å². The van der Waals surface area contributed by atoms with Crippen LogP contribution in [-0.4, -0.2) is 51.9 Å².